The summed E-state index contributed by atoms with van der Waals surface area (Å²) in [4.78, 5) is 42.7. The molecule has 1 amide bonds. The first-order valence-corrected chi connectivity index (χ1v) is 12.3. The van der Waals surface area contributed by atoms with Gasteiger partial charge in [-0.2, -0.15) is 0 Å². The minimum Gasteiger partial charge on any atom is -0.382 e. The Morgan fingerprint density at radius 2 is 1.83 bits per heavy atom. The summed E-state index contributed by atoms with van der Waals surface area (Å²) in [7, 11) is 0. The lowest BCUT2D eigenvalue weighted by atomic mass is 9.74. The second-order valence-corrected chi connectivity index (χ2v) is 9.78. The second kappa shape index (κ2) is 9.69. The van der Waals surface area contributed by atoms with Gasteiger partial charge in [0, 0.05) is 25.1 Å². The fourth-order valence-corrected chi connectivity index (χ4v) is 5.12. The van der Waals surface area contributed by atoms with Crippen LogP contribution in [-0.2, 0) is 6.54 Å². The first kappa shape index (κ1) is 23.9. The predicted molar refractivity (Wildman–Crippen MR) is 137 cm³/mol. The van der Waals surface area contributed by atoms with Crippen molar-refractivity contribution in [2.24, 2.45) is 10.9 Å². The van der Waals surface area contributed by atoms with Crippen molar-refractivity contribution < 1.29 is 9.59 Å². The summed E-state index contributed by atoms with van der Waals surface area (Å²) in [5.41, 5.74) is 12.7. The molecule has 11 heteroatoms. The van der Waals surface area contributed by atoms with Gasteiger partial charge in [0.05, 0.1) is 11.9 Å². The van der Waals surface area contributed by atoms with Crippen LogP contribution in [-0.4, -0.2) is 42.6 Å². The Bertz CT molecular complexity index is 1330. The summed E-state index contributed by atoms with van der Waals surface area (Å²) in [6, 6.07) is 10.1. The van der Waals surface area contributed by atoms with E-state index in [1.165, 1.54) is 0 Å². The number of Topliss-reactive ketones (excluding diaryl/α,β-unsaturated/α-hetero) is 1. The molecule has 0 bridgehead atoms. The van der Waals surface area contributed by atoms with E-state index in [-0.39, 0.29) is 39.7 Å². The number of rotatable bonds is 5. The molecule has 10 nitrogen and oxygen atoms in total. The molecule has 2 aromatic heterocycles. The van der Waals surface area contributed by atoms with E-state index in [1.807, 2.05) is 41.1 Å². The van der Waals surface area contributed by atoms with Gasteiger partial charge in [0.25, 0.3) is 5.91 Å². The highest BCUT2D eigenvalue weighted by Crippen LogP contribution is 2.42. The quantitative estimate of drug-likeness (QED) is 0.448. The van der Waals surface area contributed by atoms with Crippen molar-refractivity contribution in [2.75, 3.05) is 11.5 Å². The van der Waals surface area contributed by atoms with Crippen LogP contribution in [0.3, 0.4) is 0 Å². The number of aliphatic imine (C=N–C) groups is 1. The molecule has 36 heavy (non-hydrogen) atoms. The first-order valence-electron chi connectivity index (χ1n) is 11.9. The lowest BCUT2D eigenvalue weighted by Gasteiger charge is -2.34. The predicted octanol–water partition coefficient (Wildman–Crippen LogP) is 3.27. The number of hydrogen-bond acceptors (Lipinski definition) is 8. The van der Waals surface area contributed by atoms with Gasteiger partial charge >= 0.3 is 0 Å². The van der Waals surface area contributed by atoms with E-state index in [0.29, 0.717) is 24.5 Å². The Labute approximate surface area is 213 Å². The number of anilines is 2. The maximum atomic E-state index is 13.1. The maximum absolute atomic E-state index is 13.1. The molecule has 186 valence electrons. The molecule has 3 heterocycles. The molecule has 1 spiro atoms. The van der Waals surface area contributed by atoms with Crippen molar-refractivity contribution in [3.8, 4) is 0 Å². The Morgan fingerprint density at radius 1 is 1.08 bits per heavy atom. The normalized spacial score (nSPS) is 21.4. The van der Waals surface area contributed by atoms with Gasteiger partial charge in [-0.25, -0.2) is 15.0 Å². The number of ketones is 1. The van der Waals surface area contributed by atoms with E-state index in [2.05, 4.69) is 20.3 Å². The van der Waals surface area contributed by atoms with Gasteiger partial charge in [-0.15, -0.1) is 0 Å². The average molecular weight is 507 g/mol. The molecule has 0 saturated heterocycles. The Balaban J connectivity index is 1.18. The molecule has 5 N–H and O–H groups in total. The summed E-state index contributed by atoms with van der Waals surface area (Å²) in [5, 5.41) is 2.71. The van der Waals surface area contributed by atoms with Crippen molar-refractivity contribution in [1.29, 1.82) is 0 Å². The van der Waals surface area contributed by atoms with E-state index < -0.39 is 5.91 Å². The molecule has 0 unspecified atom stereocenters. The van der Waals surface area contributed by atoms with Gasteiger partial charge < -0.3 is 21.4 Å². The van der Waals surface area contributed by atoms with E-state index in [0.717, 1.165) is 37.7 Å². The van der Waals surface area contributed by atoms with Crippen molar-refractivity contribution in [3.05, 3.63) is 65.0 Å². The zero-order chi connectivity index (χ0) is 25.3. The number of halogens is 1. The highest BCUT2D eigenvalue weighted by atomic mass is 35.5. The third kappa shape index (κ3) is 4.94. The van der Waals surface area contributed by atoms with Crippen LogP contribution < -0.4 is 16.8 Å². The van der Waals surface area contributed by atoms with Crippen LogP contribution in [0.4, 0.5) is 11.6 Å². The summed E-state index contributed by atoms with van der Waals surface area (Å²) < 4.78 is 1.94. The number of nitrogens with one attached hydrogen (secondary N) is 1. The van der Waals surface area contributed by atoms with E-state index in [9.17, 15) is 9.59 Å². The number of benzene rings is 1. The number of aromatic nitrogens is 4. The molecule has 1 saturated carbocycles. The zero-order valence-electron chi connectivity index (χ0n) is 19.7. The van der Waals surface area contributed by atoms with Crippen LogP contribution in [0.1, 0.15) is 65.1 Å². The average Bonchev–Trinajstić information content (AvgIpc) is 3.49. The van der Waals surface area contributed by atoms with E-state index in [1.54, 1.807) is 6.33 Å². The molecule has 3 aromatic rings. The molecule has 1 aliphatic carbocycles. The third-order valence-corrected chi connectivity index (χ3v) is 7.24. The van der Waals surface area contributed by atoms with Crippen LogP contribution in [0.15, 0.2) is 47.8 Å². The van der Waals surface area contributed by atoms with Crippen molar-refractivity contribution in [3.63, 3.8) is 0 Å². The van der Waals surface area contributed by atoms with Crippen LogP contribution in [0, 0.1) is 5.92 Å². The zero-order valence-corrected chi connectivity index (χ0v) is 20.4. The van der Waals surface area contributed by atoms with Crippen LogP contribution in [0.25, 0.3) is 0 Å². The number of amides is 1. The smallest absolute Gasteiger partial charge is 0.279 e. The monoisotopic (exact) mass is 506 g/mol. The van der Waals surface area contributed by atoms with Gasteiger partial charge in [-0.1, -0.05) is 41.9 Å². The standard InChI is InChI=1S/C25H27ClN8O2/c26-21-23(28)32-22(27)19(31-21)24(36)30-18-8-11-25(33-18)9-6-16(7-10-25)20(35)17-13-34(14-29-17)12-15-4-2-1-3-5-15/h1-5,13-14,16H,6-12H2,(H4,27,28,32)(H,30,33,36). The molecular formula is C25H27ClN8O2. The largest absolute Gasteiger partial charge is 0.382 e. The van der Waals surface area contributed by atoms with Crippen molar-refractivity contribution in [1.82, 2.24) is 24.8 Å². The van der Waals surface area contributed by atoms with Gasteiger partial charge in [-0.3, -0.25) is 14.6 Å². The number of nitrogens with two attached hydrogens (primary N) is 2. The van der Waals surface area contributed by atoms with Crippen LogP contribution in [0.5, 0.6) is 0 Å². The molecule has 0 radical (unpaired) electrons. The number of carbonyl (C=O) groups is 2. The Morgan fingerprint density at radius 3 is 2.58 bits per heavy atom. The molecule has 1 fully saturated rings. The summed E-state index contributed by atoms with van der Waals surface area (Å²) >= 11 is 5.89. The van der Waals surface area contributed by atoms with Crippen molar-refractivity contribution >= 4 is 40.8 Å². The van der Waals surface area contributed by atoms with Gasteiger partial charge in [0.1, 0.15) is 11.5 Å². The number of carbonyl (C=O) groups excluding carboxylic acids is 2. The number of nitrogens with zero attached hydrogens (tertiary/aromatic N) is 5. The molecule has 5 rings (SSSR count). The van der Waals surface area contributed by atoms with Gasteiger partial charge in [0.2, 0.25) is 0 Å². The molecule has 1 aliphatic heterocycles. The number of nitrogen functional groups attached to an aromatic ring is 2. The second-order valence-electron chi connectivity index (χ2n) is 9.43. The van der Waals surface area contributed by atoms with E-state index in [4.69, 9.17) is 28.1 Å². The Kier molecular flexibility index (Phi) is 6.44. The van der Waals surface area contributed by atoms with Crippen molar-refractivity contribution in [2.45, 2.75) is 50.6 Å². The molecular weight excluding hydrogens is 480 g/mol. The molecule has 2 aliphatic rings. The van der Waals surface area contributed by atoms with Crippen LogP contribution >= 0.6 is 11.6 Å². The van der Waals surface area contributed by atoms with Gasteiger partial charge in [-0.05, 0) is 37.7 Å². The third-order valence-electron chi connectivity index (χ3n) is 6.96. The lowest BCUT2D eigenvalue weighted by Crippen LogP contribution is -2.34. The summed E-state index contributed by atoms with van der Waals surface area (Å²) in [6.45, 7) is 0.678. The minimum atomic E-state index is -0.521. The topological polar surface area (TPSA) is 154 Å². The molecule has 1 aromatic carbocycles. The Hall–Kier alpha value is -3.79. The highest BCUT2D eigenvalue weighted by Gasteiger charge is 2.41. The fourth-order valence-electron chi connectivity index (χ4n) is 4.99. The first-order chi connectivity index (χ1) is 17.3. The molecule has 0 atom stereocenters. The summed E-state index contributed by atoms with van der Waals surface area (Å²) in [5.74, 6) is -0.0470. The van der Waals surface area contributed by atoms with Gasteiger partial charge in [0.15, 0.2) is 28.3 Å². The SMILES string of the molecule is Nc1nc(N)c(C(=O)NC2=NC3(CC2)CCC(C(=O)c2cn(Cc4ccccc4)cn2)CC3)nc1Cl. The van der Waals surface area contributed by atoms with E-state index >= 15 is 0 Å². The summed E-state index contributed by atoms with van der Waals surface area (Å²) in [6.07, 6.45) is 8.03. The van der Waals surface area contributed by atoms with Crippen LogP contribution in [0.2, 0.25) is 5.15 Å². The fraction of sp³-hybridized carbons (Fsp3) is 0.360. The highest BCUT2D eigenvalue weighted by molar-refractivity contribution is 6.31. The number of hydrogen-bond donors (Lipinski definition) is 3. The lowest BCUT2D eigenvalue weighted by molar-refractivity contribution is 0.0857. The minimum absolute atomic E-state index is 0.0304. The number of imidazole rings is 1. The maximum Gasteiger partial charge on any atom is 0.279 e. The number of amidine groups is 1.